The lowest BCUT2D eigenvalue weighted by molar-refractivity contribution is 0.145. The SMILES string of the molecule is COCCN(CC/C(N)=N/O)Cc1c(C)cccc1C. The molecule has 0 saturated carbocycles. The van der Waals surface area contributed by atoms with Gasteiger partial charge in [-0.3, -0.25) is 4.90 Å². The summed E-state index contributed by atoms with van der Waals surface area (Å²) in [4.78, 5) is 2.26. The van der Waals surface area contributed by atoms with E-state index < -0.39 is 0 Å². The molecule has 0 aliphatic heterocycles. The third-order valence-corrected chi connectivity index (χ3v) is 3.45. The highest BCUT2D eigenvalue weighted by atomic mass is 16.5. The van der Waals surface area contributed by atoms with Crippen LogP contribution in [0.25, 0.3) is 0 Å². The number of benzene rings is 1. The Kier molecular flexibility index (Phi) is 7.04. The van der Waals surface area contributed by atoms with Crippen LogP contribution in [0.3, 0.4) is 0 Å². The van der Waals surface area contributed by atoms with Crippen molar-refractivity contribution in [2.75, 3.05) is 26.8 Å². The number of rotatable bonds is 8. The van der Waals surface area contributed by atoms with Crippen LogP contribution in [0.2, 0.25) is 0 Å². The van der Waals surface area contributed by atoms with Gasteiger partial charge in [0, 0.05) is 33.2 Å². The molecule has 0 spiro atoms. The minimum Gasteiger partial charge on any atom is -0.409 e. The number of nitrogens with zero attached hydrogens (tertiary/aromatic N) is 2. The summed E-state index contributed by atoms with van der Waals surface area (Å²) in [6.07, 6.45) is 0.547. The maximum absolute atomic E-state index is 8.62. The fourth-order valence-electron chi connectivity index (χ4n) is 2.13. The van der Waals surface area contributed by atoms with Crippen molar-refractivity contribution in [2.24, 2.45) is 10.9 Å². The summed E-state index contributed by atoms with van der Waals surface area (Å²) < 4.78 is 5.15. The van der Waals surface area contributed by atoms with Crippen LogP contribution in [0, 0.1) is 13.8 Å². The monoisotopic (exact) mass is 279 g/mol. The first-order chi connectivity index (χ1) is 9.58. The van der Waals surface area contributed by atoms with Gasteiger partial charge < -0.3 is 15.7 Å². The summed E-state index contributed by atoms with van der Waals surface area (Å²) in [7, 11) is 1.70. The molecule has 5 nitrogen and oxygen atoms in total. The van der Waals surface area contributed by atoms with E-state index in [1.807, 2.05) is 0 Å². The van der Waals surface area contributed by atoms with Crippen LogP contribution in [0.15, 0.2) is 23.4 Å². The third-order valence-electron chi connectivity index (χ3n) is 3.45. The van der Waals surface area contributed by atoms with E-state index in [-0.39, 0.29) is 5.84 Å². The number of amidine groups is 1. The molecule has 1 aromatic rings. The molecule has 0 aromatic heterocycles. The van der Waals surface area contributed by atoms with Gasteiger partial charge in [-0.2, -0.15) is 0 Å². The van der Waals surface area contributed by atoms with E-state index in [9.17, 15) is 0 Å². The zero-order valence-electron chi connectivity index (χ0n) is 12.6. The minimum atomic E-state index is 0.258. The molecule has 0 aliphatic carbocycles. The molecule has 0 fully saturated rings. The van der Waals surface area contributed by atoms with Crippen molar-refractivity contribution in [1.82, 2.24) is 4.90 Å². The van der Waals surface area contributed by atoms with Crippen molar-refractivity contribution >= 4 is 5.84 Å². The molecule has 0 aliphatic rings. The fraction of sp³-hybridized carbons (Fsp3) is 0.533. The van der Waals surface area contributed by atoms with Gasteiger partial charge in [-0.15, -0.1) is 0 Å². The van der Waals surface area contributed by atoms with Crippen molar-refractivity contribution in [3.63, 3.8) is 0 Å². The average molecular weight is 279 g/mol. The van der Waals surface area contributed by atoms with Gasteiger partial charge >= 0.3 is 0 Å². The van der Waals surface area contributed by atoms with E-state index in [0.29, 0.717) is 13.0 Å². The molecule has 3 N–H and O–H groups in total. The molecular weight excluding hydrogens is 254 g/mol. The highest BCUT2D eigenvalue weighted by Crippen LogP contribution is 2.16. The van der Waals surface area contributed by atoms with Crippen molar-refractivity contribution in [2.45, 2.75) is 26.8 Å². The summed E-state index contributed by atoms with van der Waals surface area (Å²) >= 11 is 0. The van der Waals surface area contributed by atoms with Gasteiger partial charge in [0.05, 0.1) is 6.61 Å². The molecule has 0 unspecified atom stereocenters. The van der Waals surface area contributed by atoms with Gasteiger partial charge in [0.25, 0.3) is 0 Å². The Morgan fingerprint density at radius 2 is 1.95 bits per heavy atom. The quantitative estimate of drug-likeness (QED) is 0.330. The molecule has 0 amide bonds. The number of hydrogen-bond donors (Lipinski definition) is 2. The second-order valence-electron chi connectivity index (χ2n) is 4.98. The summed E-state index contributed by atoms with van der Waals surface area (Å²) in [5, 5.41) is 11.6. The molecule has 20 heavy (non-hydrogen) atoms. The van der Waals surface area contributed by atoms with Gasteiger partial charge in [-0.05, 0) is 30.5 Å². The lowest BCUT2D eigenvalue weighted by Gasteiger charge is -2.23. The first-order valence-corrected chi connectivity index (χ1v) is 6.81. The summed E-state index contributed by atoms with van der Waals surface area (Å²) in [5.41, 5.74) is 9.46. The second kappa shape index (κ2) is 8.55. The molecule has 0 radical (unpaired) electrons. The van der Waals surface area contributed by atoms with Gasteiger partial charge in [0.15, 0.2) is 0 Å². The minimum absolute atomic E-state index is 0.258. The van der Waals surface area contributed by atoms with E-state index in [1.54, 1.807) is 7.11 Å². The summed E-state index contributed by atoms with van der Waals surface area (Å²) in [6.45, 7) is 7.33. The molecule has 0 atom stereocenters. The highest BCUT2D eigenvalue weighted by molar-refractivity contribution is 5.79. The van der Waals surface area contributed by atoms with E-state index in [2.05, 4.69) is 42.1 Å². The summed E-state index contributed by atoms with van der Waals surface area (Å²) in [6, 6.07) is 6.32. The first kappa shape index (κ1) is 16.5. The Morgan fingerprint density at radius 1 is 1.30 bits per heavy atom. The predicted octanol–water partition coefficient (Wildman–Crippen LogP) is 1.89. The molecular formula is C15H25N3O2. The highest BCUT2D eigenvalue weighted by Gasteiger charge is 2.10. The van der Waals surface area contributed by atoms with Crippen LogP contribution >= 0.6 is 0 Å². The largest absolute Gasteiger partial charge is 0.409 e. The molecule has 112 valence electrons. The van der Waals surface area contributed by atoms with Gasteiger partial charge in [0.2, 0.25) is 0 Å². The van der Waals surface area contributed by atoms with Crippen LogP contribution in [-0.2, 0) is 11.3 Å². The van der Waals surface area contributed by atoms with Crippen molar-refractivity contribution in [3.05, 3.63) is 34.9 Å². The van der Waals surface area contributed by atoms with Gasteiger partial charge in [-0.1, -0.05) is 23.4 Å². The van der Waals surface area contributed by atoms with Crippen LogP contribution in [0.1, 0.15) is 23.1 Å². The lowest BCUT2D eigenvalue weighted by atomic mass is 10.0. The lowest BCUT2D eigenvalue weighted by Crippen LogP contribution is -2.31. The normalized spacial score (nSPS) is 12.1. The van der Waals surface area contributed by atoms with E-state index in [4.69, 9.17) is 15.7 Å². The Hall–Kier alpha value is -1.59. The Bertz CT molecular complexity index is 426. The number of methoxy groups -OCH3 is 1. The Morgan fingerprint density at radius 3 is 2.50 bits per heavy atom. The molecule has 0 saturated heterocycles. The predicted molar refractivity (Wildman–Crippen MR) is 81.1 cm³/mol. The summed E-state index contributed by atoms with van der Waals surface area (Å²) in [5.74, 6) is 0.258. The number of nitrogens with two attached hydrogens (primary N) is 1. The van der Waals surface area contributed by atoms with Crippen molar-refractivity contribution < 1.29 is 9.94 Å². The third kappa shape index (κ3) is 5.19. The Labute approximate surface area is 121 Å². The number of hydrogen-bond acceptors (Lipinski definition) is 4. The number of ether oxygens (including phenoxy) is 1. The Balaban J connectivity index is 2.73. The van der Waals surface area contributed by atoms with Crippen molar-refractivity contribution in [1.29, 1.82) is 0 Å². The zero-order chi connectivity index (χ0) is 15.0. The van der Waals surface area contributed by atoms with Crippen LogP contribution in [0.5, 0.6) is 0 Å². The topological polar surface area (TPSA) is 71.1 Å². The molecule has 5 heteroatoms. The first-order valence-electron chi connectivity index (χ1n) is 6.81. The molecule has 1 aromatic carbocycles. The van der Waals surface area contributed by atoms with Crippen LogP contribution in [-0.4, -0.2) is 42.7 Å². The number of oxime groups is 1. The smallest absolute Gasteiger partial charge is 0.140 e. The fourth-order valence-corrected chi connectivity index (χ4v) is 2.13. The molecule has 1 rings (SSSR count). The average Bonchev–Trinajstić information content (AvgIpc) is 2.44. The zero-order valence-corrected chi connectivity index (χ0v) is 12.6. The van der Waals surface area contributed by atoms with Gasteiger partial charge in [-0.25, -0.2) is 0 Å². The maximum atomic E-state index is 8.62. The van der Waals surface area contributed by atoms with E-state index in [1.165, 1.54) is 16.7 Å². The molecule has 0 bridgehead atoms. The van der Waals surface area contributed by atoms with Crippen LogP contribution in [0.4, 0.5) is 0 Å². The standard InChI is InChI=1S/C15H25N3O2/c1-12-5-4-6-13(2)14(12)11-18(9-10-20-3)8-7-15(16)17-19/h4-6,19H,7-11H2,1-3H3,(H2,16,17). The number of aryl methyl sites for hydroxylation is 2. The molecule has 0 heterocycles. The van der Waals surface area contributed by atoms with Gasteiger partial charge in [0.1, 0.15) is 5.84 Å². The second-order valence-corrected chi connectivity index (χ2v) is 4.98. The van der Waals surface area contributed by atoms with E-state index in [0.717, 1.165) is 19.6 Å². The van der Waals surface area contributed by atoms with Crippen molar-refractivity contribution in [3.8, 4) is 0 Å². The maximum Gasteiger partial charge on any atom is 0.140 e. The van der Waals surface area contributed by atoms with E-state index >= 15 is 0 Å². The van der Waals surface area contributed by atoms with Crippen LogP contribution < -0.4 is 5.73 Å².